The van der Waals surface area contributed by atoms with Gasteiger partial charge in [0.2, 0.25) is 0 Å². The summed E-state index contributed by atoms with van der Waals surface area (Å²) in [6.45, 7) is 2.26. The van der Waals surface area contributed by atoms with Crippen LogP contribution in [0.5, 0.6) is 0 Å². The molecule has 2 atom stereocenters. The SMILES string of the molecule is CC1CCCC(NC(=O)c2sccc2Br)C1. The van der Waals surface area contributed by atoms with Gasteiger partial charge in [-0.1, -0.05) is 19.8 Å². The number of nitrogens with one attached hydrogen (secondary N) is 1. The minimum Gasteiger partial charge on any atom is -0.349 e. The number of thiophene rings is 1. The van der Waals surface area contributed by atoms with E-state index in [4.69, 9.17) is 0 Å². The van der Waals surface area contributed by atoms with Crippen LogP contribution in [0.3, 0.4) is 0 Å². The normalized spacial score (nSPS) is 25.4. The first kappa shape index (κ1) is 12.1. The Morgan fingerprint density at radius 3 is 3.00 bits per heavy atom. The van der Waals surface area contributed by atoms with Crippen molar-refractivity contribution in [3.8, 4) is 0 Å². The van der Waals surface area contributed by atoms with E-state index in [1.165, 1.54) is 24.2 Å². The van der Waals surface area contributed by atoms with E-state index in [1.54, 1.807) is 0 Å². The molecule has 1 saturated carbocycles. The molecule has 1 amide bonds. The number of hydrogen-bond acceptors (Lipinski definition) is 2. The second-order valence-electron chi connectivity index (χ2n) is 4.54. The minimum atomic E-state index is 0.0703. The highest BCUT2D eigenvalue weighted by molar-refractivity contribution is 9.10. The van der Waals surface area contributed by atoms with E-state index in [-0.39, 0.29) is 5.91 Å². The molecule has 1 N–H and O–H groups in total. The molecule has 1 aliphatic carbocycles. The van der Waals surface area contributed by atoms with Crippen LogP contribution in [0.2, 0.25) is 0 Å². The molecule has 2 unspecified atom stereocenters. The van der Waals surface area contributed by atoms with E-state index >= 15 is 0 Å². The highest BCUT2D eigenvalue weighted by Crippen LogP contribution is 2.26. The van der Waals surface area contributed by atoms with Crippen molar-refractivity contribution in [2.75, 3.05) is 0 Å². The fraction of sp³-hybridized carbons (Fsp3) is 0.583. The summed E-state index contributed by atoms with van der Waals surface area (Å²) in [4.78, 5) is 12.8. The third kappa shape index (κ3) is 2.86. The van der Waals surface area contributed by atoms with Gasteiger partial charge in [-0.15, -0.1) is 11.3 Å². The van der Waals surface area contributed by atoms with Gasteiger partial charge >= 0.3 is 0 Å². The predicted octanol–water partition coefficient (Wildman–Crippen LogP) is 3.82. The molecular formula is C12H16BrNOS. The highest BCUT2D eigenvalue weighted by Gasteiger charge is 2.22. The Labute approximate surface area is 109 Å². The average molecular weight is 302 g/mol. The van der Waals surface area contributed by atoms with Gasteiger partial charge in [-0.3, -0.25) is 4.79 Å². The molecule has 0 spiro atoms. The van der Waals surface area contributed by atoms with Crippen molar-refractivity contribution in [1.29, 1.82) is 0 Å². The number of hydrogen-bond donors (Lipinski definition) is 1. The third-order valence-corrected chi connectivity index (χ3v) is 4.93. The Kier molecular flexibility index (Phi) is 4.03. The molecule has 0 bridgehead atoms. The Morgan fingerprint density at radius 1 is 1.56 bits per heavy atom. The lowest BCUT2D eigenvalue weighted by Gasteiger charge is -2.27. The summed E-state index contributed by atoms with van der Waals surface area (Å²) in [5.74, 6) is 0.812. The van der Waals surface area contributed by atoms with E-state index in [0.717, 1.165) is 28.1 Å². The molecule has 1 aromatic heterocycles. The maximum atomic E-state index is 12.0. The topological polar surface area (TPSA) is 29.1 Å². The van der Waals surface area contributed by atoms with Crippen LogP contribution in [0.15, 0.2) is 15.9 Å². The standard InChI is InChI=1S/C12H16BrNOS/c1-8-3-2-4-9(7-8)14-12(15)11-10(13)5-6-16-11/h5-6,8-9H,2-4,7H2,1H3,(H,14,15). The number of halogens is 1. The van der Waals surface area contributed by atoms with Crippen LogP contribution >= 0.6 is 27.3 Å². The molecule has 4 heteroatoms. The van der Waals surface area contributed by atoms with Crippen LogP contribution in [0.4, 0.5) is 0 Å². The predicted molar refractivity (Wildman–Crippen MR) is 70.9 cm³/mol. The van der Waals surface area contributed by atoms with E-state index in [9.17, 15) is 4.79 Å². The van der Waals surface area contributed by atoms with Crippen LogP contribution in [0, 0.1) is 5.92 Å². The second kappa shape index (κ2) is 5.32. The zero-order chi connectivity index (χ0) is 11.5. The molecule has 0 radical (unpaired) electrons. The fourth-order valence-electron chi connectivity index (χ4n) is 2.27. The van der Waals surface area contributed by atoms with Crippen molar-refractivity contribution < 1.29 is 4.79 Å². The Balaban J connectivity index is 1.95. The van der Waals surface area contributed by atoms with Crippen LogP contribution in [-0.2, 0) is 0 Å². The lowest BCUT2D eigenvalue weighted by molar-refractivity contribution is 0.0925. The Bertz CT molecular complexity index is 377. The maximum absolute atomic E-state index is 12.0. The lowest BCUT2D eigenvalue weighted by Crippen LogP contribution is -2.37. The van der Waals surface area contributed by atoms with Crippen molar-refractivity contribution in [3.63, 3.8) is 0 Å². The van der Waals surface area contributed by atoms with Crippen LogP contribution < -0.4 is 5.32 Å². The summed E-state index contributed by atoms with van der Waals surface area (Å²) >= 11 is 4.88. The molecule has 88 valence electrons. The zero-order valence-electron chi connectivity index (χ0n) is 9.33. The first-order valence-electron chi connectivity index (χ1n) is 5.70. The van der Waals surface area contributed by atoms with Gasteiger partial charge in [0.15, 0.2) is 0 Å². The van der Waals surface area contributed by atoms with Crippen molar-refractivity contribution >= 4 is 33.2 Å². The average Bonchev–Trinajstić information content (AvgIpc) is 2.64. The van der Waals surface area contributed by atoms with Crippen LogP contribution in [0.25, 0.3) is 0 Å². The summed E-state index contributed by atoms with van der Waals surface area (Å²) < 4.78 is 0.902. The monoisotopic (exact) mass is 301 g/mol. The lowest BCUT2D eigenvalue weighted by atomic mass is 9.87. The van der Waals surface area contributed by atoms with E-state index in [0.29, 0.717) is 6.04 Å². The van der Waals surface area contributed by atoms with Crippen molar-refractivity contribution in [1.82, 2.24) is 5.32 Å². The molecule has 1 aliphatic rings. The van der Waals surface area contributed by atoms with Gasteiger partial charge in [-0.25, -0.2) is 0 Å². The number of amides is 1. The van der Waals surface area contributed by atoms with Crippen molar-refractivity contribution in [2.24, 2.45) is 5.92 Å². The Morgan fingerprint density at radius 2 is 2.38 bits per heavy atom. The molecule has 2 nitrogen and oxygen atoms in total. The largest absolute Gasteiger partial charge is 0.349 e. The molecule has 0 aliphatic heterocycles. The third-order valence-electron chi connectivity index (χ3n) is 3.10. The summed E-state index contributed by atoms with van der Waals surface area (Å²) in [7, 11) is 0. The van der Waals surface area contributed by atoms with Gasteiger partial charge in [0.1, 0.15) is 4.88 Å². The van der Waals surface area contributed by atoms with Crippen LogP contribution in [-0.4, -0.2) is 11.9 Å². The Hall–Kier alpha value is -0.350. The molecule has 2 rings (SSSR count). The van der Waals surface area contributed by atoms with Crippen LogP contribution in [0.1, 0.15) is 42.3 Å². The summed E-state index contributed by atoms with van der Waals surface area (Å²) in [6.07, 6.45) is 4.78. The quantitative estimate of drug-likeness (QED) is 0.884. The molecule has 0 aromatic carbocycles. The van der Waals surface area contributed by atoms with Gasteiger partial charge in [0, 0.05) is 10.5 Å². The fourth-order valence-corrected chi connectivity index (χ4v) is 3.73. The van der Waals surface area contributed by atoms with Gasteiger partial charge in [-0.2, -0.15) is 0 Å². The van der Waals surface area contributed by atoms with E-state index in [1.807, 2.05) is 11.4 Å². The first-order chi connectivity index (χ1) is 7.66. The summed E-state index contributed by atoms with van der Waals surface area (Å²) in [5.41, 5.74) is 0. The number of carbonyl (C=O) groups is 1. The van der Waals surface area contributed by atoms with Crippen molar-refractivity contribution in [2.45, 2.75) is 38.6 Å². The number of rotatable bonds is 2. The molecule has 1 aromatic rings. The molecule has 0 saturated heterocycles. The van der Waals surface area contributed by atoms with Crippen molar-refractivity contribution in [3.05, 3.63) is 20.8 Å². The second-order valence-corrected chi connectivity index (χ2v) is 6.31. The highest BCUT2D eigenvalue weighted by atomic mass is 79.9. The van der Waals surface area contributed by atoms with Gasteiger partial charge in [0.25, 0.3) is 5.91 Å². The molecule has 1 heterocycles. The van der Waals surface area contributed by atoms with Gasteiger partial charge in [0.05, 0.1) is 0 Å². The zero-order valence-corrected chi connectivity index (χ0v) is 11.7. The minimum absolute atomic E-state index is 0.0703. The molecule has 16 heavy (non-hydrogen) atoms. The molecule has 1 fully saturated rings. The summed E-state index contributed by atoms with van der Waals surface area (Å²) in [5, 5.41) is 5.07. The first-order valence-corrected chi connectivity index (χ1v) is 7.38. The van der Waals surface area contributed by atoms with Gasteiger partial charge < -0.3 is 5.32 Å². The smallest absolute Gasteiger partial charge is 0.262 e. The summed E-state index contributed by atoms with van der Waals surface area (Å²) in [6, 6.07) is 2.29. The number of carbonyl (C=O) groups excluding carboxylic acids is 1. The van der Waals surface area contributed by atoms with E-state index < -0.39 is 0 Å². The molecular weight excluding hydrogens is 286 g/mol. The van der Waals surface area contributed by atoms with Gasteiger partial charge in [-0.05, 0) is 46.1 Å². The van der Waals surface area contributed by atoms with E-state index in [2.05, 4.69) is 28.2 Å². The maximum Gasteiger partial charge on any atom is 0.262 e.